The molecule has 0 bridgehead atoms. The summed E-state index contributed by atoms with van der Waals surface area (Å²) >= 11 is 0. The number of carboxylic acid groups (broad SMARTS) is 1. The lowest BCUT2D eigenvalue weighted by Gasteiger charge is -2.13. The van der Waals surface area contributed by atoms with Crippen LogP contribution in [0.5, 0.6) is 0 Å². The molecule has 0 aliphatic rings. The minimum atomic E-state index is -1.03. The smallest absolute Gasteiger partial charge is 0.325 e. The van der Waals surface area contributed by atoms with Crippen LogP contribution in [0.2, 0.25) is 0 Å². The van der Waals surface area contributed by atoms with Gasteiger partial charge in [-0.1, -0.05) is 13.3 Å². The molecule has 14 heavy (non-hydrogen) atoms. The highest BCUT2D eigenvalue weighted by Gasteiger charge is 2.16. The Kier molecular flexibility index (Phi) is 5.87. The normalized spacial score (nSPS) is 14.5. The fraction of sp³-hybridized carbons (Fsp3) is 0.778. The molecule has 82 valence electrons. The first-order valence-electron chi connectivity index (χ1n) is 4.73. The van der Waals surface area contributed by atoms with E-state index in [-0.39, 0.29) is 11.8 Å². The number of amides is 1. The highest BCUT2D eigenvalue weighted by molar-refractivity contribution is 5.83. The van der Waals surface area contributed by atoms with Gasteiger partial charge in [0.1, 0.15) is 6.04 Å². The number of rotatable bonds is 6. The Morgan fingerprint density at radius 1 is 1.50 bits per heavy atom. The maximum atomic E-state index is 11.3. The van der Waals surface area contributed by atoms with Crippen molar-refractivity contribution < 1.29 is 14.7 Å². The second-order valence-electron chi connectivity index (χ2n) is 3.34. The molecule has 0 fully saturated rings. The summed E-state index contributed by atoms with van der Waals surface area (Å²) in [6.07, 6.45) is 1.12. The molecule has 5 nitrogen and oxygen atoms in total. The molecule has 0 heterocycles. The highest BCUT2D eigenvalue weighted by Crippen LogP contribution is 2.05. The van der Waals surface area contributed by atoms with Crippen LogP contribution in [-0.2, 0) is 9.59 Å². The number of carbonyl (C=O) groups excluding carboxylic acids is 1. The zero-order valence-corrected chi connectivity index (χ0v) is 8.62. The minimum Gasteiger partial charge on any atom is -0.480 e. The van der Waals surface area contributed by atoms with Crippen molar-refractivity contribution in [1.82, 2.24) is 5.32 Å². The third-order valence-electron chi connectivity index (χ3n) is 2.13. The molecule has 0 aromatic heterocycles. The van der Waals surface area contributed by atoms with Crippen LogP contribution in [0.1, 0.15) is 26.7 Å². The average molecular weight is 202 g/mol. The van der Waals surface area contributed by atoms with E-state index in [2.05, 4.69) is 5.32 Å². The van der Waals surface area contributed by atoms with Gasteiger partial charge in [-0.25, -0.2) is 0 Å². The number of carboxylic acids is 1. The van der Waals surface area contributed by atoms with E-state index in [1.54, 1.807) is 0 Å². The summed E-state index contributed by atoms with van der Waals surface area (Å²) in [5.41, 5.74) is 5.43. The van der Waals surface area contributed by atoms with Gasteiger partial charge in [-0.15, -0.1) is 0 Å². The van der Waals surface area contributed by atoms with E-state index in [9.17, 15) is 9.59 Å². The molecular weight excluding hydrogens is 184 g/mol. The van der Waals surface area contributed by atoms with Crippen LogP contribution in [0.4, 0.5) is 0 Å². The largest absolute Gasteiger partial charge is 0.480 e. The number of aliphatic carboxylic acids is 1. The second kappa shape index (κ2) is 6.37. The van der Waals surface area contributed by atoms with E-state index < -0.39 is 12.0 Å². The minimum absolute atomic E-state index is 0.135. The summed E-state index contributed by atoms with van der Waals surface area (Å²) in [5.74, 6) is -1.15. The van der Waals surface area contributed by atoms with Crippen LogP contribution < -0.4 is 11.1 Å². The predicted octanol–water partition coefficient (Wildman–Crippen LogP) is -0.0493. The molecule has 0 aromatic carbocycles. The molecule has 0 spiro atoms. The fourth-order valence-electron chi connectivity index (χ4n) is 1.02. The van der Waals surface area contributed by atoms with Crippen LogP contribution in [0.15, 0.2) is 0 Å². The number of nitrogens with two attached hydrogens (primary N) is 1. The molecule has 0 aliphatic heterocycles. The lowest BCUT2D eigenvalue weighted by Crippen LogP contribution is -2.39. The molecule has 2 atom stereocenters. The van der Waals surface area contributed by atoms with E-state index in [1.807, 2.05) is 6.92 Å². The van der Waals surface area contributed by atoms with Gasteiger partial charge in [0.25, 0.3) is 0 Å². The third-order valence-corrected chi connectivity index (χ3v) is 2.13. The van der Waals surface area contributed by atoms with Gasteiger partial charge in [-0.2, -0.15) is 0 Å². The molecule has 2 unspecified atom stereocenters. The SMILES string of the molecule is CCC(CN)CC(=O)NC(C)C(=O)O. The van der Waals surface area contributed by atoms with Gasteiger partial charge in [0.2, 0.25) is 5.91 Å². The van der Waals surface area contributed by atoms with Crippen LogP contribution in [0.3, 0.4) is 0 Å². The van der Waals surface area contributed by atoms with Crippen LogP contribution in [-0.4, -0.2) is 29.6 Å². The van der Waals surface area contributed by atoms with E-state index in [4.69, 9.17) is 10.8 Å². The first kappa shape index (κ1) is 12.9. The van der Waals surface area contributed by atoms with Crippen molar-refractivity contribution in [3.8, 4) is 0 Å². The summed E-state index contributed by atoms with van der Waals surface area (Å²) in [5, 5.41) is 10.9. The number of hydrogen-bond acceptors (Lipinski definition) is 3. The van der Waals surface area contributed by atoms with E-state index in [0.717, 1.165) is 6.42 Å². The average Bonchev–Trinajstić information content (AvgIpc) is 2.13. The quantitative estimate of drug-likeness (QED) is 0.563. The number of carbonyl (C=O) groups is 2. The highest BCUT2D eigenvalue weighted by atomic mass is 16.4. The van der Waals surface area contributed by atoms with Gasteiger partial charge < -0.3 is 16.2 Å². The molecular formula is C9H18N2O3. The van der Waals surface area contributed by atoms with Gasteiger partial charge in [0.15, 0.2) is 0 Å². The standard InChI is InChI=1S/C9H18N2O3/c1-3-7(5-10)4-8(12)11-6(2)9(13)14/h6-7H,3-5,10H2,1-2H3,(H,11,12)(H,13,14). The molecule has 0 aliphatic carbocycles. The fourth-order valence-corrected chi connectivity index (χ4v) is 1.02. The van der Waals surface area contributed by atoms with Gasteiger partial charge in [0.05, 0.1) is 0 Å². The predicted molar refractivity (Wildman–Crippen MR) is 52.7 cm³/mol. The molecule has 0 saturated carbocycles. The number of nitrogens with one attached hydrogen (secondary N) is 1. The Balaban J connectivity index is 3.91. The van der Waals surface area contributed by atoms with Crippen molar-refractivity contribution in [2.75, 3.05) is 6.54 Å². The Bertz CT molecular complexity index is 202. The van der Waals surface area contributed by atoms with Crippen LogP contribution >= 0.6 is 0 Å². The van der Waals surface area contributed by atoms with Crippen LogP contribution in [0, 0.1) is 5.92 Å². The van der Waals surface area contributed by atoms with Gasteiger partial charge >= 0.3 is 5.97 Å². The van der Waals surface area contributed by atoms with E-state index in [1.165, 1.54) is 6.92 Å². The van der Waals surface area contributed by atoms with Crippen molar-refractivity contribution in [2.45, 2.75) is 32.7 Å². The van der Waals surface area contributed by atoms with Gasteiger partial charge in [-0.3, -0.25) is 9.59 Å². The van der Waals surface area contributed by atoms with E-state index >= 15 is 0 Å². The lowest BCUT2D eigenvalue weighted by atomic mass is 10.0. The zero-order valence-electron chi connectivity index (χ0n) is 8.62. The first-order valence-corrected chi connectivity index (χ1v) is 4.73. The zero-order chi connectivity index (χ0) is 11.1. The molecule has 4 N–H and O–H groups in total. The molecule has 0 saturated heterocycles. The van der Waals surface area contributed by atoms with Gasteiger partial charge in [0, 0.05) is 6.42 Å². The number of hydrogen-bond donors (Lipinski definition) is 3. The molecule has 0 aromatic rings. The van der Waals surface area contributed by atoms with Crippen molar-refractivity contribution in [3.05, 3.63) is 0 Å². The summed E-state index contributed by atoms with van der Waals surface area (Å²) in [6.45, 7) is 3.83. The van der Waals surface area contributed by atoms with E-state index in [0.29, 0.717) is 13.0 Å². The monoisotopic (exact) mass is 202 g/mol. The molecule has 1 amide bonds. The summed E-state index contributed by atoms with van der Waals surface area (Å²) < 4.78 is 0. The summed E-state index contributed by atoms with van der Waals surface area (Å²) in [4.78, 5) is 21.7. The Morgan fingerprint density at radius 3 is 2.43 bits per heavy atom. The van der Waals surface area contributed by atoms with Crippen LogP contribution in [0.25, 0.3) is 0 Å². The topological polar surface area (TPSA) is 92.4 Å². The Labute approximate surface area is 83.7 Å². The van der Waals surface area contributed by atoms with Crippen molar-refractivity contribution in [3.63, 3.8) is 0 Å². The third kappa shape index (κ3) is 4.81. The van der Waals surface area contributed by atoms with Crippen molar-refractivity contribution >= 4 is 11.9 Å². The summed E-state index contributed by atoms with van der Waals surface area (Å²) in [7, 11) is 0. The second-order valence-corrected chi connectivity index (χ2v) is 3.34. The van der Waals surface area contributed by atoms with Crippen molar-refractivity contribution in [1.29, 1.82) is 0 Å². The Morgan fingerprint density at radius 2 is 2.07 bits per heavy atom. The molecule has 5 heteroatoms. The van der Waals surface area contributed by atoms with Crippen molar-refractivity contribution in [2.24, 2.45) is 11.7 Å². The Hall–Kier alpha value is -1.10. The summed E-state index contributed by atoms with van der Waals surface area (Å²) in [6, 6.07) is -0.835. The lowest BCUT2D eigenvalue weighted by molar-refractivity contribution is -0.141. The maximum Gasteiger partial charge on any atom is 0.325 e. The van der Waals surface area contributed by atoms with Gasteiger partial charge in [-0.05, 0) is 19.4 Å². The molecule has 0 rings (SSSR count). The maximum absolute atomic E-state index is 11.3. The molecule has 0 radical (unpaired) electrons. The first-order chi connectivity index (χ1) is 6.51.